The number of likely N-dealkylation sites (N-methyl/N-ethyl adjacent to an activating group) is 1. The van der Waals surface area contributed by atoms with Crippen LogP contribution < -0.4 is 0 Å². The predicted octanol–water partition coefficient (Wildman–Crippen LogP) is 2.62. The lowest BCUT2D eigenvalue weighted by molar-refractivity contribution is -0.152. The van der Waals surface area contributed by atoms with Gasteiger partial charge in [-0.2, -0.15) is 0 Å². The molecular formula is C18H27NO3. The number of ether oxygens (including phenoxy) is 2. The van der Waals surface area contributed by atoms with Crippen LogP contribution in [0.1, 0.15) is 31.2 Å². The zero-order valence-corrected chi connectivity index (χ0v) is 13.7. The molecule has 0 atom stereocenters. The van der Waals surface area contributed by atoms with Gasteiger partial charge in [-0.3, -0.25) is 4.79 Å². The van der Waals surface area contributed by atoms with Crippen LogP contribution in [0.4, 0.5) is 0 Å². The minimum Gasteiger partial charge on any atom is -0.463 e. The SMILES string of the molecule is CN(C)CCOCCOC(=O)C1(c2ccccc2)CCCC1. The molecule has 0 aliphatic heterocycles. The van der Waals surface area contributed by atoms with E-state index >= 15 is 0 Å². The number of esters is 1. The molecular weight excluding hydrogens is 278 g/mol. The van der Waals surface area contributed by atoms with Crippen LogP contribution in [0.25, 0.3) is 0 Å². The van der Waals surface area contributed by atoms with Crippen molar-refractivity contribution in [2.75, 3.05) is 40.5 Å². The average Bonchev–Trinajstić information content (AvgIpc) is 3.02. The van der Waals surface area contributed by atoms with Crippen molar-refractivity contribution in [3.8, 4) is 0 Å². The second kappa shape index (κ2) is 8.30. The molecule has 0 spiro atoms. The minimum absolute atomic E-state index is 0.0904. The lowest BCUT2D eigenvalue weighted by Crippen LogP contribution is -2.35. The summed E-state index contributed by atoms with van der Waals surface area (Å²) < 4.78 is 11.0. The Labute approximate surface area is 133 Å². The largest absolute Gasteiger partial charge is 0.463 e. The van der Waals surface area contributed by atoms with Crippen LogP contribution in [0.5, 0.6) is 0 Å². The first-order valence-corrected chi connectivity index (χ1v) is 8.10. The molecule has 4 heteroatoms. The molecule has 4 nitrogen and oxygen atoms in total. The third kappa shape index (κ3) is 4.31. The topological polar surface area (TPSA) is 38.8 Å². The number of hydrogen-bond donors (Lipinski definition) is 0. The van der Waals surface area contributed by atoms with Crippen molar-refractivity contribution in [3.63, 3.8) is 0 Å². The number of nitrogens with zero attached hydrogens (tertiary/aromatic N) is 1. The van der Waals surface area contributed by atoms with Gasteiger partial charge in [0, 0.05) is 6.54 Å². The van der Waals surface area contributed by atoms with Gasteiger partial charge in [0.05, 0.1) is 18.6 Å². The van der Waals surface area contributed by atoms with Gasteiger partial charge in [0.25, 0.3) is 0 Å². The van der Waals surface area contributed by atoms with E-state index in [0.717, 1.165) is 37.8 Å². The number of rotatable bonds is 8. The van der Waals surface area contributed by atoms with Gasteiger partial charge in [-0.15, -0.1) is 0 Å². The average molecular weight is 305 g/mol. The third-order valence-electron chi connectivity index (χ3n) is 4.32. The van der Waals surface area contributed by atoms with E-state index in [1.165, 1.54) is 0 Å². The standard InChI is InChI=1S/C18H27NO3/c1-19(2)12-13-21-14-15-22-17(20)18(10-6-7-11-18)16-8-4-3-5-9-16/h3-5,8-9H,6-7,10-15H2,1-2H3. The Morgan fingerprint density at radius 3 is 2.41 bits per heavy atom. The van der Waals surface area contributed by atoms with Crippen molar-refractivity contribution in [1.82, 2.24) is 4.90 Å². The van der Waals surface area contributed by atoms with Crippen molar-refractivity contribution in [2.45, 2.75) is 31.1 Å². The smallest absolute Gasteiger partial charge is 0.316 e. The fourth-order valence-electron chi connectivity index (χ4n) is 3.03. The summed E-state index contributed by atoms with van der Waals surface area (Å²) >= 11 is 0. The summed E-state index contributed by atoms with van der Waals surface area (Å²) in [5, 5.41) is 0. The molecule has 22 heavy (non-hydrogen) atoms. The van der Waals surface area contributed by atoms with Gasteiger partial charge >= 0.3 is 5.97 Å². The van der Waals surface area contributed by atoms with Crippen LogP contribution >= 0.6 is 0 Å². The van der Waals surface area contributed by atoms with E-state index in [1.807, 2.05) is 44.4 Å². The monoisotopic (exact) mass is 305 g/mol. The van der Waals surface area contributed by atoms with Gasteiger partial charge in [-0.1, -0.05) is 43.2 Å². The molecule has 1 fully saturated rings. The van der Waals surface area contributed by atoms with E-state index in [9.17, 15) is 4.79 Å². The van der Waals surface area contributed by atoms with E-state index in [4.69, 9.17) is 9.47 Å². The Hall–Kier alpha value is -1.39. The quantitative estimate of drug-likeness (QED) is 0.547. The van der Waals surface area contributed by atoms with E-state index in [0.29, 0.717) is 19.8 Å². The molecule has 1 saturated carbocycles. The van der Waals surface area contributed by atoms with Crippen molar-refractivity contribution in [3.05, 3.63) is 35.9 Å². The van der Waals surface area contributed by atoms with Crippen LogP contribution in [-0.2, 0) is 19.7 Å². The van der Waals surface area contributed by atoms with E-state index in [-0.39, 0.29) is 5.97 Å². The van der Waals surface area contributed by atoms with Crippen molar-refractivity contribution >= 4 is 5.97 Å². The summed E-state index contributed by atoms with van der Waals surface area (Å²) in [5.74, 6) is -0.0904. The first-order valence-electron chi connectivity index (χ1n) is 8.10. The molecule has 0 bridgehead atoms. The zero-order chi connectivity index (χ0) is 15.8. The zero-order valence-electron chi connectivity index (χ0n) is 13.7. The number of benzene rings is 1. The molecule has 0 aromatic heterocycles. The fourth-order valence-corrected chi connectivity index (χ4v) is 3.03. The molecule has 0 heterocycles. The minimum atomic E-state index is -0.440. The molecule has 1 aliphatic carbocycles. The highest BCUT2D eigenvalue weighted by Gasteiger charge is 2.43. The molecule has 0 saturated heterocycles. The third-order valence-corrected chi connectivity index (χ3v) is 4.32. The molecule has 0 N–H and O–H groups in total. The van der Waals surface area contributed by atoms with Crippen molar-refractivity contribution in [2.24, 2.45) is 0 Å². The Morgan fingerprint density at radius 1 is 1.09 bits per heavy atom. The van der Waals surface area contributed by atoms with Crippen LogP contribution in [-0.4, -0.2) is 51.3 Å². The van der Waals surface area contributed by atoms with Crippen LogP contribution in [0, 0.1) is 0 Å². The summed E-state index contributed by atoms with van der Waals surface area (Å²) in [4.78, 5) is 14.7. The van der Waals surface area contributed by atoms with E-state index in [2.05, 4.69) is 4.90 Å². The van der Waals surface area contributed by atoms with Crippen molar-refractivity contribution in [1.29, 1.82) is 0 Å². The Balaban J connectivity index is 1.84. The molecule has 1 aromatic rings. The maximum Gasteiger partial charge on any atom is 0.316 e. The second-order valence-corrected chi connectivity index (χ2v) is 6.21. The molecule has 122 valence electrons. The van der Waals surface area contributed by atoms with Gasteiger partial charge in [0.2, 0.25) is 0 Å². The van der Waals surface area contributed by atoms with Gasteiger partial charge in [0.1, 0.15) is 6.61 Å². The highest BCUT2D eigenvalue weighted by atomic mass is 16.6. The maximum absolute atomic E-state index is 12.6. The normalized spacial score (nSPS) is 16.9. The lowest BCUT2D eigenvalue weighted by Gasteiger charge is -2.27. The summed E-state index contributed by atoms with van der Waals surface area (Å²) in [7, 11) is 4.01. The molecule has 1 aliphatic rings. The molecule has 2 rings (SSSR count). The first-order chi connectivity index (χ1) is 10.6. The summed E-state index contributed by atoms with van der Waals surface area (Å²) in [6, 6.07) is 10.1. The van der Waals surface area contributed by atoms with Crippen LogP contribution in [0.15, 0.2) is 30.3 Å². The summed E-state index contributed by atoms with van der Waals surface area (Å²) in [6.45, 7) is 2.33. The van der Waals surface area contributed by atoms with Crippen LogP contribution in [0.3, 0.4) is 0 Å². The summed E-state index contributed by atoms with van der Waals surface area (Å²) in [6.07, 6.45) is 3.95. The molecule has 0 radical (unpaired) electrons. The van der Waals surface area contributed by atoms with Crippen LogP contribution in [0.2, 0.25) is 0 Å². The van der Waals surface area contributed by atoms with Gasteiger partial charge in [-0.25, -0.2) is 0 Å². The van der Waals surface area contributed by atoms with Gasteiger partial charge in [0.15, 0.2) is 0 Å². The van der Waals surface area contributed by atoms with E-state index < -0.39 is 5.41 Å². The molecule has 0 unspecified atom stereocenters. The number of hydrogen-bond acceptors (Lipinski definition) is 4. The highest BCUT2D eigenvalue weighted by molar-refractivity contribution is 5.83. The highest BCUT2D eigenvalue weighted by Crippen LogP contribution is 2.42. The number of carbonyl (C=O) groups excluding carboxylic acids is 1. The predicted molar refractivity (Wildman–Crippen MR) is 86.9 cm³/mol. The van der Waals surface area contributed by atoms with Gasteiger partial charge in [-0.05, 0) is 32.5 Å². The Morgan fingerprint density at radius 2 is 1.77 bits per heavy atom. The van der Waals surface area contributed by atoms with Gasteiger partial charge < -0.3 is 14.4 Å². The Kier molecular flexibility index (Phi) is 6.40. The maximum atomic E-state index is 12.6. The van der Waals surface area contributed by atoms with E-state index in [1.54, 1.807) is 0 Å². The Bertz CT molecular complexity index is 453. The molecule has 0 amide bonds. The fraction of sp³-hybridized carbons (Fsp3) is 0.611. The summed E-state index contributed by atoms with van der Waals surface area (Å²) in [5.41, 5.74) is 0.649. The first kappa shape index (κ1) is 17.0. The number of carbonyl (C=O) groups is 1. The second-order valence-electron chi connectivity index (χ2n) is 6.21. The lowest BCUT2D eigenvalue weighted by atomic mass is 9.79. The molecule has 1 aromatic carbocycles. The van der Waals surface area contributed by atoms with Crippen molar-refractivity contribution < 1.29 is 14.3 Å².